The topological polar surface area (TPSA) is 69.0 Å². The van der Waals surface area contributed by atoms with Gasteiger partial charge in [0.2, 0.25) is 0 Å². The molecule has 0 aliphatic carbocycles. The molecule has 0 aliphatic heterocycles. The first-order chi connectivity index (χ1) is 14.9. The summed E-state index contributed by atoms with van der Waals surface area (Å²) in [6, 6.07) is 13.5. The van der Waals surface area contributed by atoms with Crippen LogP contribution in [0.3, 0.4) is 0 Å². The Bertz CT molecular complexity index is 1240. The van der Waals surface area contributed by atoms with E-state index in [1.54, 1.807) is 53.4 Å². The lowest BCUT2D eigenvalue weighted by Gasteiger charge is -2.08. The van der Waals surface area contributed by atoms with Crippen molar-refractivity contribution in [2.24, 2.45) is 0 Å². The number of hydrogen-bond acceptors (Lipinski definition) is 5. The van der Waals surface area contributed by atoms with E-state index < -0.39 is 6.61 Å². The summed E-state index contributed by atoms with van der Waals surface area (Å²) in [4.78, 5) is 17.1. The molecule has 0 atom stereocenters. The minimum Gasteiger partial charge on any atom is -0.434 e. The van der Waals surface area contributed by atoms with E-state index in [1.807, 2.05) is 6.07 Å². The molecule has 1 amide bonds. The van der Waals surface area contributed by atoms with Crippen molar-refractivity contribution in [2.45, 2.75) is 13.5 Å². The third-order valence-electron chi connectivity index (χ3n) is 4.41. The number of benzene rings is 2. The van der Waals surface area contributed by atoms with Crippen molar-refractivity contribution < 1.29 is 18.3 Å². The van der Waals surface area contributed by atoms with E-state index in [9.17, 15) is 13.6 Å². The maximum atomic E-state index is 12.8. The molecule has 0 radical (unpaired) electrons. The summed E-state index contributed by atoms with van der Waals surface area (Å²) >= 11 is 7.21. The first-order valence-electron chi connectivity index (χ1n) is 9.04. The number of alkyl halides is 2. The highest BCUT2D eigenvalue weighted by atomic mass is 35.5. The van der Waals surface area contributed by atoms with Gasteiger partial charge in [0.25, 0.3) is 5.91 Å². The lowest BCUT2D eigenvalue weighted by atomic mass is 10.1. The lowest BCUT2D eigenvalue weighted by molar-refractivity contribution is -0.0494. The number of hydrogen-bond donors (Lipinski definition) is 1. The van der Waals surface area contributed by atoms with E-state index in [2.05, 4.69) is 20.1 Å². The fourth-order valence-corrected chi connectivity index (χ4v) is 3.89. The summed E-state index contributed by atoms with van der Waals surface area (Å²) in [5.41, 5.74) is 2.56. The van der Waals surface area contributed by atoms with Gasteiger partial charge in [-0.15, -0.1) is 11.3 Å². The number of para-hydroxylation sites is 1. The number of halogens is 3. The van der Waals surface area contributed by atoms with Crippen molar-refractivity contribution in [3.8, 4) is 22.7 Å². The van der Waals surface area contributed by atoms with Crippen molar-refractivity contribution in [1.29, 1.82) is 0 Å². The summed E-state index contributed by atoms with van der Waals surface area (Å²) < 4.78 is 31.5. The maximum absolute atomic E-state index is 12.8. The van der Waals surface area contributed by atoms with Crippen LogP contribution in [0.2, 0.25) is 5.02 Å². The smallest absolute Gasteiger partial charge is 0.387 e. The Balaban J connectivity index is 1.55. The van der Waals surface area contributed by atoms with Crippen molar-refractivity contribution in [3.05, 3.63) is 76.4 Å². The molecule has 10 heteroatoms. The predicted octanol–water partition coefficient (Wildman–Crippen LogP) is 5.81. The molecular weight excluding hydrogens is 446 g/mol. The summed E-state index contributed by atoms with van der Waals surface area (Å²) in [5.74, 6) is -0.372. The minimum absolute atomic E-state index is 0.0133. The normalized spacial score (nSPS) is 11.0. The summed E-state index contributed by atoms with van der Waals surface area (Å²) in [7, 11) is 0. The van der Waals surface area contributed by atoms with Crippen LogP contribution in [0.15, 0.2) is 60.1 Å². The second kappa shape index (κ2) is 8.83. The van der Waals surface area contributed by atoms with Crippen LogP contribution in [0.1, 0.15) is 16.1 Å². The SMILES string of the molecule is Cc1c(C(=O)Nc2nc(-c3ccccc3OC(F)F)cs2)cnn1-c1cccc(Cl)c1. The maximum Gasteiger partial charge on any atom is 0.387 e. The highest BCUT2D eigenvalue weighted by molar-refractivity contribution is 7.14. The van der Waals surface area contributed by atoms with Crippen molar-refractivity contribution in [3.63, 3.8) is 0 Å². The molecule has 1 N–H and O–H groups in total. The Morgan fingerprint density at radius 2 is 2.03 bits per heavy atom. The molecule has 0 unspecified atom stereocenters. The fraction of sp³-hybridized carbons (Fsp3) is 0.0952. The van der Waals surface area contributed by atoms with Gasteiger partial charge in [0.05, 0.1) is 28.8 Å². The number of carbonyl (C=O) groups excluding carboxylic acids is 1. The quantitative estimate of drug-likeness (QED) is 0.394. The second-order valence-electron chi connectivity index (χ2n) is 6.40. The number of thiazole rings is 1. The predicted molar refractivity (Wildman–Crippen MR) is 115 cm³/mol. The highest BCUT2D eigenvalue weighted by Crippen LogP contribution is 2.33. The Morgan fingerprint density at radius 1 is 1.23 bits per heavy atom. The van der Waals surface area contributed by atoms with Gasteiger partial charge in [0.1, 0.15) is 5.75 Å². The van der Waals surface area contributed by atoms with Crippen LogP contribution >= 0.6 is 22.9 Å². The van der Waals surface area contributed by atoms with Crippen LogP contribution in [0, 0.1) is 6.92 Å². The molecule has 0 fully saturated rings. The van der Waals surface area contributed by atoms with Crippen LogP contribution in [0.4, 0.5) is 13.9 Å². The molecule has 0 saturated carbocycles. The molecule has 2 aromatic heterocycles. The van der Waals surface area contributed by atoms with Crippen LogP contribution in [-0.2, 0) is 0 Å². The zero-order valence-electron chi connectivity index (χ0n) is 16.1. The molecule has 2 aromatic carbocycles. The molecule has 0 saturated heterocycles. The average Bonchev–Trinajstić information content (AvgIpc) is 3.34. The molecule has 6 nitrogen and oxygen atoms in total. The van der Waals surface area contributed by atoms with Crippen LogP contribution in [-0.4, -0.2) is 27.3 Å². The second-order valence-corrected chi connectivity index (χ2v) is 7.70. The van der Waals surface area contributed by atoms with E-state index in [0.717, 1.165) is 5.69 Å². The first kappa shape index (κ1) is 21.0. The van der Waals surface area contributed by atoms with Crippen molar-refractivity contribution in [1.82, 2.24) is 14.8 Å². The van der Waals surface area contributed by atoms with Gasteiger partial charge in [-0.1, -0.05) is 29.8 Å². The number of ether oxygens (including phenoxy) is 1. The van der Waals surface area contributed by atoms with Crippen LogP contribution in [0.25, 0.3) is 16.9 Å². The molecule has 4 rings (SSSR count). The molecular formula is C21H15ClF2N4O2S. The van der Waals surface area contributed by atoms with Crippen LogP contribution < -0.4 is 10.1 Å². The first-order valence-corrected chi connectivity index (χ1v) is 10.3. The van der Waals surface area contributed by atoms with E-state index in [-0.39, 0.29) is 11.7 Å². The Hall–Kier alpha value is -3.30. The molecule has 0 aliphatic rings. The molecule has 158 valence electrons. The zero-order chi connectivity index (χ0) is 22.0. The van der Waals surface area contributed by atoms with E-state index >= 15 is 0 Å². The van der Waals surface area contributed by atoms with E-state index in [0.29, 0.717) is 32.7 Å². The summed E-state index contributed by atoms with van der Waals surface area (Å²) in [6.45, 7) is -1.17. The third kappa shape index (κ3) is 4.57. The number of aromatic nitrogens is 3. The Kier molecular flexibility index (Phi) is 5.97. The lowest BCUT2D eigenvalue weighted by Crippen LogP contribution is -2.13. The summed E-state index contributed by atoms with van der Waals surface area (Å²) in [5, 5.41) is 9.54. The van der Waals surface area contributed by atoms with Gasteiger partial charge < -0.3 is 4.74 Å². The zero-order valence-corrected chi connectivity index (χ0v) is 17.6. The Labute approximate surface area is 185 Å². The fourth-order valence-electron chi connectivity index (χ4n) is 3.00. The highest BCUT2D eigenvalue weighted by Gasteiger charge is 2.18. The van der Waals surface area contributed by atoms with E-state index in [1.165, 1.54) is 23.6 Å². The largest absolute Gasteiger partial charge is 0.434 e. The van der Waals surface area contributed by atoms with Gasteiger partial charge in [-0.25, -0.2) is 9.67 Å². The van der Waals surface area contributed by atoms with Gasteiger partial charge in [-0.3, -0.25) is 10.1 Å². The number of nitrogens with one attached hydrogen (secondary N) is 1. The molecule has 4 aromatic rings. The summed E-state index contributed by atoms with van der Waals surface area (Å²) in [6.07, 6.45) is 1.46. The number of carbonyl (C=O) groups is 1. The van der Waals surface area contributed by atoms with Gasteiger partial charge in [-0.05, 0) is 37.3 Å². The monoisotopic (exact) mass is 460 g/mol. The third-order valence-corrected chi connectivity index (χ3v) is 5.40. The molecule has 0 spiro atoms. The standard InChI is InChI=1S/C21H15ClF2N4O2S/c1-12-16(10-25-28(12)14-6-4-5-13(22)9-14)19(29)27-21-26-17(11-31-21)15-7-2-3-8-18(15)30-20(23)24/h2-11,20H,1H3,(H,26,27,29). The van der Waals surface area contributed by atoms with Gasteiger partial charge >= 0.3 is 6.61 Å². The number of anilines is 1. The van der Waals surface area contributed by atoms with Gasteiger partial charge in [0, 0.05) is 16.0 Å². The molecule has 31 heavy (non-hydrogen) atoms. The van der Waals surface area contributed by atoms with Gasteiger partial charge in [0.15, 0.2) is 5.13 Å². The number of amides is 1. The average molecular weight is 461 g/mol. The molecule has 0 bridgehead atoms. The number of nitrogens with zero attached hydrogens (tertiary/aromatic N) is 3. The van der Waals surface area contributed by atoms with Crippen molar-refractivity contribution >= 4 is 34.0 Å². The number of rotatable bonds is 6. The van der Waals surface area contributed by atoms with Gasteiger partial charge in [-0.2, -0.15) is 13.9 Å². The van der Waals surface area contributed by atoms with Crippen LogP contribution in [0.5, 0.6) is 5.75 Å². The molecule has 2 heterocycles. The van der Waals surface area contributed by atoms with E-state index in [4.69, 9.17) is 11.6 Å². The Morgan fingerprint density at radius 3 is 2.81 bits per heavy atom. The minimum atomic E-state index is -2.95. The van der Waals surface area contributed by atoms with Crippen molar-refractivity contribution in [2.75, 3.05) is 5.32 Å².